The van der Waals surface area contributed by atoms with E-state index in [2.05, 4.69) is 28.5 Å². The lowest BCUT2D eigenvalue weighted by Gasteiger charge is -2.16. The van der Waals surface area contributed by atoms with E-state index in [-0.39, 0.29) is 25.0 Å². The SMILES string of the molecule is CCOc1cc2ccc1=2.Cc1sc(-c2ccc(Cl)cc2)nc1C(=O)NCCC(OC(C)C)C(=O)O. The number of aryl methyl sites for hydroxylation is 1. The molecule has 1 atom stereocenters. The van der Waals surface area contributed by atoms with Crippen molar-refractivity contribution in [3.05, 3.63) is 68.5 Å². The summed E-state index contributed by atoms with van der Waals surface area (Å²) in [5.41, 5.74) is 1.23. The molecule has 186 valence electrons. The fraction of sp³-hybridized carbons (Fsp3) is 0.346. The highest BCUT2D eigenvalue weighted by Gasteiger charge is 2.21. The number of hydrogen-bond acceptors (Lipinski definition) is 6. The Bertz CT molecular complexity index is 1270. The first-order valence-corrected chi connectivity index (χ1v) is 12.6. The van der Waals surface area contributed by atoms with Crippen molar-refractivity contribution in [2.24, 2.45) is 0 Å². The van der Waals surface area contributed by atoms with Crippen LogP contribution >= 0.6 is 22.9 Å². The Balaban J connectivity index is 0.000000313. The lowest BCUT2D eigenvalue weighted by molar-refractivity contribution is -0.153. The zero-order valence-corrected chi connectivity index (χ0v) is 21.7. The molecule has 2 aromatic rings. The number of nitrogens with one attached hydrogen (secondary N) is 1. The van der Waals surface area contributed by atoms with Gasteiger partial charge in [0, 0.05) is 33.6 Å². The molecule has 0 saturated carbocycles. The van der Waals surface area contributed by atoms with Gasteiger partial charge in [0.25, 0.3) is 5.91 Å². The summed E-state index contributed by atoms with van der Waals surface area (Å²) in [7, 11) is 0. The third-order valence-corrected chi connectivity index (χ3v) is 6.37. The Hall–Kier alpha value is -2.94. The van der Waals surface area contributed by atoms with Crippen LogP contribution in [0.1, 0.15) is 42.6 Å². The molecule has 1 amide bonds. The molecule has 4 rings (SSSR count). The van der Waals surface area contributed by atoms with Gasteiger partial charge in [0.2, 0.25) is 0 Å². The quantitative estimate of drug-likeness (QED) is 0.290. The molecule has 0 saturated heterocycles. The maximum atomic E-state index is 12.4. The largest absolute Gasteiger partial charge is 0.493 e. The van der Waals surface area contributed by atoms with Crippen molar-refractivity contribution in [2.75, 3.05) is 13.2 Å². The molecule has 0 fully saturated rings. The minimum absolute atomic E-state index is 0.187. The Morgan fingerprint density at radius 2 is 1.89 bits per heavy atom. The van der Waals surface area contributed by atoms with Crippen molar-refractivity contribution < 1.29 is 24.2 Å². The van der Waals surface area contributed by atoms with Crippen LogP contribution in [0.5, 0.6) is 5.75 Å². The number of nitrogens with zero attached hydrogens (tertiary/aromatic N) is 1. The van der Waals surface area contributed by atoms with E-state index in [9.17, 15) is 9.59 Å². The summed E-state index contributed by atoms with van der Waals surface area (Å²) >= 11 is 7.31. The molecule has 0 aliphatic heterocycles. The summed E-state index contributed by atoms with van der Waals surface area (Å²) in [5, 5.41) is 15.9. The summed E-state index contributed by atoms with van der Waals surface area (Å²) in [4.78, 5) is 28.7. The van der Waals surface area contributed by atoms with Crippen LogP contribution in [0.25, 0.3) is 10.6 Å². The van der Waals surface area contributed by atoms with E-state index >= 15 is 0 Å². The predicted molar refractivity (Wildman–Crippen MR) is 137 cm³/mol. The van der Waals surface area contributed by atoms with Gasteiger partial charge >= 0.3 is 5.97 Å². The second kappa shape index (κ2) is 12.2. The van der Waals surface area contributed by atoms with Crippen molar-refractivity contribution in [3.8, 4) is 16.3 Å². The van der Waals surface area contributed by atoms with Crippen molar-refractivity contribution in [1.29, 1.82) is 0 Å². The maximum absolute atomic E-state index is 12.4. The molecule has 35 heavy (non-hydrogen) atoms. The number of amides is 1. The van der Waals surface area contributed by atoms with Crippen LogP contribution in [0.3, 0.4) is 0 Å². The monoisotopic (exact) mass is 516 g/mol. The van der Waals surface area contributed by atoms with E-state index in [0.29, 0.717) is 10.7 Å². The topological polar surface area (TPSA) is 97.8 Å². The first-order chi connectivity index (χ1) is 16.7. The smallest absolute Gasteiger partial charge is 0.332 e. The van der Waals surface area contributed by atoms with Crippen LogP contribution in [0.2, 0.25) is 5.02 Å². The van der Waals surface area contributed by atoms with Crippen molar-refractivity contribution >= 4 is 34.8 Å². The van der Waals surface area contributed by atoms with E-state index in [1.165, 1.54) is 21.8 Å². The van der Waals surface area contributed by atoms with Gasteiger partial charge in [-0.15, -0.1) is 11.3 Å². The lowest BCUT2D eigenvalue weighted by atomic mass is 10.1. The molecule has 2 N–H and O–H groups in total. The third kappa shape index (κ3) is 7.04. The molecule has 0 spiro atoms. The molecule has 1 aromatic carbocycles. The van der Waals surface area contributed by atoms with Crippen LogP contribution in [0.15, 0.2) is 42.5 Å². The number of halogens is 1. The summed E-state index contributed by atoms with van der Waals surface area (Å²) in [5.74, 6) is -0.300. The Labute approximate surface area is 213 Å². The van der Waals surface area contributed by atoms with Gasteiger partial charge in [0.1, 0.15) is 16.5 Å². The van der Waals surface area contributed by atoms with Crippen LogP contribution in [-0.2, 0) is 9.53 Å². The first kappa shape index (κ1) is 26.7. The summed E-state index contributed by atoms with van der Waals surface area (Å²) in [6, 6.07) is 13.5. The number of hydrogen-bond donors (Lipinski definition) is 2. The molecule has 0 radical (unpaired) electrons. The maximum Gasteiger partial charge on any atom is 0.332 e. The molecule has 1 heterocycles. The highest BCUT2D eigenvalue weighted by Crippen LogP contribution is 2.28. The third-order valence-electron chi connectivity index (χ3n) is 5.10. The first-order valence-electron chi connectivity index (χ1n) is 11.4. The fourth-order valence-electron chi connectivity index (χ4n) is 3.33. The molecule has 2 aliphatic rings. The lowest BCUT2D eigenvalue weighted by Crippen LogP contribution is -2.33. The molecule has 9 heteroatoms. The van der Waals surface area contributed by atoms with Gasteiger partial charge in [-0.25, -0.2) is 9.78 Å². The predicted octanol–water partition coefficient (Wildman–Crippen LogP) is 5.46. The van der Waals surface area contributed by atoms with Gasteiger partial charge in [-0.05, 0) is 51.1 Å². The molecule has 2 aliphatic carbocycles. The summed E-state index contributed by atoms with van der Waals surface area (Å²) < 4.78 is 10.6. The normalized spacial score (nSPS) is 11.9. The van der Waals surface area contributed by atoms with Gasteiger partial charge in [0.05, 0.1) is 12.7 Å². The van der Waals surface area contributed by atoms with Gasteiger partial charge < -0.3 is 19.9 Å². The summed E-state index contributed by atoms with van der Waals surface area (Å²) in [6.07, 6.45) is -0.960. The second-order valence-corrected chi connectivity index (χ2v) is 9.77. The zero-order chi connectivity index (χ0) is 25.5. The number of benzene rings is 2. The van der Waals surface area contributed by atoms with E-state index in [1.54, 1.807) is 26.0 Å². The number of carbonyl (C=O) groups is 2. The Kier molecular flexibility index (Phi) is 9.26. The standard InChI is InChI=1S/C18H21ClN2O4S.C8H8O/c1-10(2)25-14(18(23)24)8-9-20-16(22)15-11(3)26-17(21-15)12-4-6-13(19)7-5-12;1-2-9-8-5-6-3-4-7(6)8/h4-7,10,14H,8-9H2,1-3H3,(H,20,22)(H,23,24);3-5H,2H2,1H3. The van der Waals surface area contributed by atoms with Crippen LogP contribution < -0.4 is 10.1 Å². The second-order valence-electron chi connectivity index (χ2n) is 8.13. The van der Waals surface area contributed by atoms with Crippen LogP contribution in [-0.4, -0.2) is 47.3 Å². The molecule has 0 bridgehead atoms. The van der Waals surface area contributed by atoms with E-state index in [4.69, 9.17) is 26.2 Å². The van der Waals surface area contributed by atoms with Crippen molar-refractivity contribution in [3.63, 3.8) is 0 Å². The van der Waals surface area contributed by atoms with Crippen LogP contribution in [0, 0.1) is 17.4 Å². The molecular formula is C26H29ClN2O5S. The van der Waals surface area contributed by atoms with E-state index in [1.807, 2.05) is 26.0 Å². The van der Waals surface area contributed by atoms with Crippen molar-refractivity contribution in [1.82, 2.24) is 10.3 Å². The number of carbonyl (C=O) groups excluding carboxylic acids is 1. The van der Waals surface area contributed by atoms with Gasteiger partial charge in [0.15, 0.2) is 6.10 Å². The van der Waals surface area contributed by atoms with Crippen LogP contribution in [0.4, 0.5) is 0 Å². The number of ether oxygens (including phenoxy) is 2. The number of carboxylic acids is 1. The molecule has 1 unspecified atom stereocenters. The molecule has 7 nitrogen and oxygen atoms in total. The average Bonchev–Trinajstić information content (AvgIpc) is 3.18. The highest BCUT2D eigenvalue weighted by molar-refractivity contribution is 7.15. The van der Waals surface area contributed by atoms with Gasteiger partial charge in [-0.3, -0.25) is 4.79 Å². The summed E-state index contributed by atoms with van der Waals surface area (Å²) in [6.45, 7) is 8.33. The van der Waals surface area contributed by atoms with Gasteiger partial charge in [-0.2, -0.15) is 0 Å². The minimum Gasteiger partial charge on any atom is -0.493 e. The zero-order valence-electron chi connectivity index (χ0n) is 20.1. The highest BCUT2D eigenvalue weighted by atomic mass is 35.5. The number of rotatable bonds is 10. The van der Waals surface area contributed by atoms with E-state index < -0.39 is 12.1 Å². The Morgan fingerprint density at radius 1 is 1.17 bits per heavy atom. The molecular weight excluding hydrogens is 488 g/mol. The van der Waals surface area contributed by atoms with E-state index in [0.717, 1.165) is 27.8 Å². The Morgan fingerprint density at radius 3 is 2.40 bits per heavy atom. The van der Waals surface area contributed by atoms with Crippen molar-refractivity contribution in [2.45, 2.75) is 46.3 Å². The fourth-order valence-corrected chi connectivity index (χ4v) is 4.37. The average molecular weight is 517 g/mol. The van der Waals surface area contributed by atoms with Gasteiger partial charge in [-0.1, -0.05) is 35.9 Å². The number of aliphatic carboxylic acids is 1. The number of aromatic nitrogens is 1. The number of thiazole rings is 1. The molecule has 1 aromatic heterocycles. The number of carboxylic acid groups (broad SMARTS) is 1. The minimum atomic E-state index is -1.04.